The first-order valence-electron chi connectivity index (χ1n) is 5.26. The van der Waals surface area contributed by atoms with Gasteiger partial charge in [0.2, 0.25) is 0 Å². The molecule has 98 valence electrons. The quantitative estimate of drug-likeness (QED) is 0.810. The molecule has 1 aromatic carbocycles. The second-order valence-corrected chi connectivity index (χ2v) is 6.09. The van der Waals surface area contributed by atoms with Crippen LogP contribution in [0.25, 0.3) is 0 Å². The zero-order chi connectivity index (χ0) is 13.8. The van der Waals surface area contributed by atoms with Crippen LogP contribution in [0.1, 0.15) is 12.5 Å². The number of sulfone groups is 1. The number of methoxy groups -OCH3 is 2. The summed E-state index contributed by atoms with van der Waals surface area (Å²) in [4.78, 5) is 0. The van der Waals surface area contributed by atoms with Crippen LogP contribution in [0.4, 0.5) is 0 Å². The van der Waals surface area contributed by atoms with Crippen molar-refractivity contribution in [2.75, 3.05) is 14.2 Å². The van der Waals surface area contributed by atoms with Gasteiger partial charge >= 0.3 is 0 Å². The highest BCUT2D eigenvalue weighted by atomic mass is 32.2. The van der Waals surface area contributed by atoms with E-state index >= 15 is 0 Å². The molecule has 0 aromatic heterocycles. The van der Waals surface area contributed by atoms with E-state index in [2.05, 4.69) is 0 Å². The average Bonchev–Trinajstić information content (AvgIpc) is 2.36. The van der Waals surface area contributed by atoms with Crippen molar-refractivity contribution in [3.8, 4) is 17.6 Å². The van der Waals surface area contributed by atoms with Gasteiger partial charge in [-0.3, -0.25) is 0 Å². The molecule has 0 bridgehead atoms. The van der Waals surface area contributed by atoms with Crippen LogP contribution in [0.15, 0.2) is 18.2 Å². The maximum atomic E-state index is 11.8. The minimum Gasteiger partial charge on any atom is -0.493 e. The molecule has 0 saturated heterocycles. The molecule has 1 aromatic rings. The van der Waals surface area contributed by atoms with Gasteiger partial charge in [0.15, 0.2) is 21.3 Å². The fourth-order valence-corrected chi connectivity index (χ4v) is 2.46. The van der Waals surface area contributed by atoms with Crippen LogP contribution >= 0.6 is 0 Å². The largest absolute Gasteiger partial charge is 0.493 e. The predicted octanol–water partition coefficient (Wildman–Crippen LogP) is 1.53. The number of rotatable bonds is 5. The van der Waals surface area contributed by atoms with E-state index in [0.29, 0.717) is 17.1 Å². The standard InChI is InChI=1S/C12H15NO4S/c1-9(7-13)18(14,15)8-10-4-5-11(16-2)12(6-10)17-3/h4-6,9H,8H2,1-3H3. The average molecular weight is 269 g/mol. The number of nitriles is 1. The van der Waals surface area contributed by atoms with Gasteiger partial charge in [0, 0.05) is 0 Å². The van der Waals surface area contributed by atoms with Crippen molar-refractivity contribution in [3.63, 3.8) is 0 Å². The second kappa shape index (κ2) is 5.74. The fraction of sp³-hybridized carbons (Fsp3) is 0.417. The second-order valence-electron chi connectivity index (χ2n) is 3.77. The third-order valence-electron chi connectivity index (χ3n) is 2.54. The Morgan fingerprint density at radius 2 is 1.89 bits per heavy atom. The highest BCUT2D eigenvalue weighted by Gasteiger charge is 2.21. The number of ether oxygens (including phenoxy) is 2. The maximum Gasteiger partial charge on any atom is 0.170 e. The molecule has 0 radical (unpaired) electrons. The van der Waals surface area contributed by atoms with Crippen LogP contribution in [0, 0.1) is 11.3 Å². The summed E-state index contributed by atoms with van der Waals surface area (Å²) < 4.78 is 33.7. The molecule has 1 unspecified atom stereocenters. The molecule has 0 heterocycles. The first kappa shape index (κ1) is 14.3. The number of benzene rings is 1. The summed E-state index contributed by atoms with van der Waals surface area (Å²) in [6, 6.07) is 6.61. The van der Waals surface area contributed by atoms with Crippen molar-refractivity contribution in [1.82, 2.24) is 0 Å². The van der Waals surface area contributed by atoms with Crippen LogP contribution in [-0.2, 0) is 15.6 Å². The minimum atomic E-state index is -3.47. The molecule has 0 N–H and O–H groups in total. The van der Waals surface area contributed by atoms with Crippen molar-refractivity contribution >= 4 is 9.84 Å². The van der Waals surface area contributed by atoms with E-state index in [1.807, 2.05) is 0 Å². The van der Waals surface area contributed by atoms with Gasteiger partial charge in [0.05, 0.1) is 26.0 Å². The zero-order valence-electron chi connectivity index (χ0n) is 10.5. The number of nitrogens with zero attached hydrogens (tertiary/aromatic N) is 1. The Balaban J connectivity index is 3.04. The molecule has 18 heavy (non-hydrogen) atoms. The number of hydrogen-bond donors (Lipinski definition) is 0. The molecule has 0 aliphatic carbocycles. The van der Waals surface area contributed by atoms with Crippen molar-refractivity contribution in [2.45, 2.75) is 17.9 Å². The Labute approximate surface area is 107 Å². The minimum absolute atomic E-state index is 0.192. The molecule has 0 amide bonds. The van der Waals surface area contributed by atoms with Gasteiger partial charge in [-0.25, -0.2) is 8.42 Å². The summed E-state index contributed by atoms with van der Waals surface area (Å²) in [5.41, 5.74) is 0.565. The van der Waals surface area contributed by atoms with E-state index in [0.717, 1.165) is 0 Å². The summed E-state index contributed by atoms with van der Waals surface area (Å²) >= 11 is 0. The first-order chi connectivity index (χ1) is 8.44. The number of hydrogen-bond acceptors (Lipinski definition) is 5. The molecule has 0 fully saturated rings. The van der Waals surface area contributed by atoms with E-state index in [-0.39, 0.29) is 5.75 Å². The molecule has 1 atom stereocenters. The van der Waals surface area contributed by atoms with Crippen molar-refractivity contribution < 1.29 is 17.9 Å². The van der Waals surface area contributed by atoms with Gasteiger partial charge in [-0.2, -0.15) is 5.26 Å². The molecule has 0 aliphatic heterocycles. The van der Waals surface area contributed by atoms with E-state index in [1.165, 1.54) is 21.1 Å². The predicted molar refractivity (Wildman–Crippen MR) is 67.2 cm³/mol. The third-order valence-corrected chi connectivity index (χ3v) is 4.45. The summed E-state index contributed by atoms with van der Waals surface area (Å²) in [6.45, 7) is 1.37. The van der Waals surface area contributed by atoms with Gasteiger partial charge in [-0.1, -0.05) is 6.07 Å². The molecule has 1 rings (SSSR count). The maximum absolute atomic E-state index is 11.8. The van der Waals surface area contributed by atoms with Gasteiger partial charge < -0.3 is 9.47 Å². The molecular formula is C12H15NO4S. The lowest BCUT2D eigenvalue weighted by Crippen LogP contribution is -2.17. The Hall–Kier alpha value is -1.74. The Morgan fingerprint density at radius 3 is 2.39 bits per heavy atom. The fourth-order valence-electron chi connectivity index (χ4n) is 1.41. The van der Waals surface area contributed by atoms with E-state index < -0.39 is 15.1 Å². The molecule has 0 aliphatic rings. The summed E-state index contributed by atoms with van der Waals surface area (Å²) in [5, 5.41) is 7.63. The van der Waals surface area contributed by atoms with Crippen LogP contribution in [0.2, 0.25) is 0 Å². The lowest BCUT2D eigenvalue weighted by molar-refractivity contribution is 0.354. The van der Waals surface area contributed by atoms with Gasteiger partial charge in [0.25, 0.3) is 0 Å². The zero-order valence-corrected chi connectivity index (χ0v) is 11.3. The highest BCUT2D eigenvalue weighted by Crippen LogP contribution is 2.28. The Kier molecular flexibility index (Phi) is 4.56. The summed E-state index contributed by atoms with van der Waals surface area (Å²) in [6.07, 6.45) is 0. The molecule has 5 nitrogen and oxygen atoms in total. The lowest BCUT2D eigenvalue weighted by atomic mass is 10.2. The van der Waals surface area contributed by atoms with Crippen molar-refractivity contribution in [1.29, 1.82) is 5.26 Å². The molecular weight excluding hydrogens is 254 g/mol. The van der Waals surface area contributed by atoms with E-state index in [4.69, 9.17) is 14.7 Å². The molecule has 0 saturated carbocycles. The van der Waals surface area contributed by atoms with E-state index in [1.54, 1.807) is 24.3 Å². The van der Waals surface area contributed by atoms with Crippen molar-refractivity contribution in [2.24, 2.45) is 0 Å². The normalized spacial score (nSPS) is 12.6. The Bertz CT molecular complexity index is 560. The molecule has 6 heteroatoms. The SMILES string of the molecule is COc1ccc(CS(=O)(=O)C(C)C#N)cc1OC. The third kappa shape index (κ3) is 3.14. The highest BCUT2D eigenvalue weighted by molar-refractivity contribution is 7.91. The van der Waals surface area contributed by atoms with Gasteiger partial charge in [-0.15, -0.1) is 0 Å². The Morgan fingerprint density at radius 1 is 1.28 bits per heavy atom. The van der Waals surface area contributed by atoms with Crippen molar-refractivity contribution in [3.05, 3.63) is 23.8 Å². The summed E-state index contributed by atoms with van der Waals surface area (Å²) in [7, 11) is -0.479. The van der Waals surface area contributed by atoms with Gasteiger partial charge in [-0.05, 0) is 24.6 Å². The first-order valence-corrected chi connectivity index (χ1v) is 6.98. The lowest BCUT2D eigenvalue weighted by Gasteiger charge is -2.10. The van der Waals surface area contributed by atoms with Crippen LogP contribution in [0.5, 0.6) is 11.5 Å². The van der Waals surface area contributed by atoms with E-state index in [9.17, 15) is 8.42 Å². The smallest absolute Gasteiger partial charge is 0.170 e. The van der Waals surface area contributed by atoms with Crippen LogP contribution < -0.4 is 9.47 Å². The van der Waals surface area contributed by atoms with Gasteiger partial charge in [0.1, 0.15) is 5.25 Å². The monoisotopic (exact) mass is 269 g/mol. The van der Waals surface area contributed by atoms with Crippen LogP contribution in [0.3, 0.4) is 0 Å². The summed E-state index contributed by atoms with van der Waals surface area (Å²) in [5.74, 6) is 0.809. The van der Waals surface area contributed by atoms with Crippen LogP contribution in [-0.4, -0.2) is 27.9 Å². The molecule has 0 spiro atoms. The topological polar surface area (TPSA) is 76.4 Å².